The van der Waals surface area contributed by atoms with Gasteiger partial charge in [-0.1, -0.05) is 6.07 Å². The molecule has 60 valence electrons. The van der Waals surface area contributed by atoms with Crippen LogP contribution in [0.15, 0.2) is 30.5 Å². The van der Waals surface area contributed by atoms with Gasteiger partial charge in [-0.15, -0.1) is 0 Å². The second-order valence-electron chi connectivity index (χ2n) is 2.82. The summed E-state index contributed by atoms with van der Waals surface area (Å²) >= 11 is 2.32. The lowest BCUT2D eigenvalue weighted by Gasteiger charge is -2.00. The standard InChI is InChI=1S/C10H8IN/c1-7-5-8-3-2-4-12-10(8)9(11)6-7/h2-6H,1H3. The van der Waals surface area contributed by atoms with Crippen LogP contribution in [0.1, 0.15) is 5.56 Å². The van der Waals surface area contributed by atoms with Crippen LogP contribution in [0.3, 0.4) is 0 Å². The molecule has 1 aromatic carbocycles. The first kappa shape index (κ1) is 7.98. The van der Waals surface area contributed by atoms with Crippen molar-refractivity contribution in [1.82, 2.24) is 4.98 Å². The van der Waals surface area contributed by atoms with Gasteiger partial charge >= 0.3 is 0 Å². The highest BCUT2D eigenvalue weighted by Gasteiger charge is 1.98. The molecule has 0 saturated carbocycles. The third kappa shape index (κ3) is 1.31. The molecule has 2 rings (SSSR count). The van der Waals surface area contributed by atoms with E-state index in [0.717, 1.165) is 5.52 Å². The van der Waals surface area contributed by atoms with Gasteiger partial charge in [0, 0.05) is 15.2 Å². The van der Waals surface area contributed by atoms with E-state index in [0.29, 0.717) is 0 Å². The lowest BCUT2D eigenvalue weighted by molar-refractivity contribution is 1.38. The molecule has 2 aromatic rings. The molecule has 1 heterocycles. The molecule has 0 radical (unpaired) electrons. The van der Waals surface area contributed by atoms with Crippen LogP contribution >= 0.6 is 22.6 Å². The van der Waals surface area contributed by atoms with E-state index < -0.39 is 0 Å². The van der Waals surface area contributed by atoms with Crippen molar-refractivity contribution in [3.8, 4) is 0 Å². The average molecular weight is 269 g/mol. The number of benzene rings is 1. The van der Waals surface area contributed by atoms with E-state index >= 15 is 0 Å². The van der Waals surface area contributed by atoms with Crippen molar-refractivity contribution in [2.24, 2.45) is 0 Å². The van der Waals surface area contributed by atoms with Crippen molar-refractivity contribution in [2.45, 2.75) is 6.92 Å². The predicted octanol–water partition coefficient (Wildman–Crippen LogP) is 3.15. The maximum absolute atomic E-state index is 4.31. The number of fused-ring (bicyclic) bond motifs is 1. The lowest BCUT2D eigenvalue weighted by atomic mass is 10.1. The molecule has 0 unspecified atom stereocenters. The van der Waals surface area contributed by atoms with Gasteiger partial charge < -0.3 is 0 Å². The molecule has 0 atom stereocenters. The fraction of sp³-hybridized carbons (Fsp3) is 0.100. The van der Waals surface area contributed by atoms with Crippen molar-refractivity contribution in [3.63, 3.8) is 0 Å². The van der Waals surface area contributed by atoms with Crippen LogP contribution in [0.4, 0.5) is 0 Å². The number of pyridine rings is 1. The molecular weight excluding hydrogens is 261 g/mol. The average Bonchev–Trinajstić information content (AvgIpc) is 2.04. The van der Waals surface area contributed by atoms with Crippen LogP contribution in [0.2, 0.25) is 0 Å². The van der Waals surface area contributed by atoms with E-state index in [1.165, 1.54) is 14.5 Å². The number of aryl methyl sites for hydroxylation is 1. The predicted molar refractivity (Wildman–Crippen MR) is 59.2 cm³/mol. The fourth-order valence-corrected chi connectivity index (χ4v) is 2.23. The molecule has 1 aromatic heterocycles. The molecule has 0 fully saturated rings. The van der Waals surface area contributed by atoms with Gasteiger partial charge in [-0.05, 0) is 53.3 Å². The highest BCUT2D eigenvalue weighted by Crippen LogP contribution is 2.19. The minimum atomic E-state index is 1.10. The summed E-state index contributed by atoms with van der Waals surface area (Å²) in [5.41, 5.74) is 2.39. The molecule has 1 nitrogen and oxygen atoms in total. The van der Waals surface area contributed by atoms with Crippen LogP contribution in [-0.2, 0) is 0 Å². The minimum absolute atomic E-state index is 1.10. The molecular formula is C10H8IN. The van der Waals surface area contributed by atoms with E-state index in [2.05, 4.69) is 52.7 Å². The molecule has 0 bridgehead atoms. The summed E-state index contributed by atoms with van der Waals surface area (Å²) < 4.78 is 1.23. The van der Waals surface area contributed by atoms with E-state index in [9.17, 15) is 0 Å². The highest BCUT2D eigenvalue weighted by atomic mass is 127. The zero-order valence-electron chi connectivity index (χ0n) is 6.71. The Labute approximate surface area is 85.0 Å². The van der Waals surface area contributed by atoms with Gasteiger partial charge in [0.2, 0.25) is 0 Å². The largest absolute Gasteiger partial charge is 0.255 e. The summed E-state index contributed by atoms with van der Waals surface area (Å²) in [5, 5.41) is 1.22. The van der Waals surface area contributed by atoms with Gasteiger partial charge in [0.1, 0.15) is 0 Å². The van der Waals surface area contributed by atoms with Gasteiger partial charge in [0.25, 0.3) is 0 Å². The molecule has 0 aliphatic heterocycles. The number of hydrogen-bond donors (Lipinski definition) is 0. The monoisotopic (exact) mass is 269 g/mol. The Morgan fingerprint density at radius 3 is 3.00 bits per heavy atom. The number of nitrogens with zero attached hydrogens (tertiary/aromatic N) is 1. The quantitative estimate of drug-likeness (QED) is 0.669. The molecule has 2 heteroatoms. The summed E-state index contributed by atoms with van der Waals surface area (Å²) in [7, 11) is 0. The molecule has 0 aliphatic rings. The summed E-state index contributed by atoms with van der Waals surface area (Å²) in [4.78, 5) is 4.31. The van der Waals surface area contributed by atoms with Crippen LogP contribution in [-0.4, -0.2) is 4.98 Å². The normalized spacial score (nSPS) is 10.5. The second kappa shape index (κ2) is 3.01. The van der Waals surface area contributed by atoms with Crippen LogP contribution in [0.25, 0.3) is 10.9 Å². The third-order valence-corrected chi connectivity index (χ3v) is 2.63. The van der Waals surface area contributed by atoms with Crippen molar-refractivity contribution < 1.29 is 0 Å². The van der Waals surface area contributed by atoms with E-state index in [1.807, 2.05) is 12.3 Å². The zero-order valence-corrected chi connectivity index (χ0v) is 8.87. The summed E-state index contributed by atoms with van der Waals surface area (Å²) in [5.74, 6) is 0. The Morgan fingerprint density at radius 1 is 1.33 bits per heavy atom. The first-order valence-electron chi connectivity index (χ1n) is 3.78. The van der Waals surface area contributed by atoms with E-state index in [1.54, 1.807) is 0 Å². The third-order valence-electron chi connectivity index (χ3n) is 1.80. The zero-order chi connectivity index (χ0) is 8.55. The Hall–Kier alpha value is -0.640. The van der Waals surface area contributed by atoms with Crippen molar-refractivity contribution in [2.75, 3.05) is 0 Å². The Bertz CT molecular complexity index is 423. The molecule has 0 spiro atoms. The Morgan fingerprint density at radius 2 is 2.17 bits per heavy atom. The van der Waals surface area contributed by atoms with Gasteiger partial charge in [0.05, 0.1) is 5.52 Å². The topological polar surface area (TPSA) is 12.9 Å². The minimum Gasteiger partial charge on any atom is -0.255 e. The summed E-state index contributed by atoms with van der Waals surface area (Å²) in [6, 6.07) is 8.37. The maximum Gasteiger partial charge on any atom is 0.0835 e. The number of aromatic nitrogens is 1. The molecule has 12 heavy (non-hydrogen) atoms. The van der Waals surface area contributed by atoms with Gasteiger partial charge in [-0.25, -0.2) is 0 Å². The summed E-state index contributed by atoms with van der Waals surface area (Å²) in [6.07, 6.45) is 1.83. The van der Waals surface area contributed by atoms with Gasteiger partial charge in [0.15, 0.2) is 0 Å². The molecule has 0 aliphatic carbocycles. The van der Waals surface area contributed by atoms with E-state index in [4.69, 9.17) is 0 Å². The SMILES string of the molecule is Cc1cc(I)c2ncccc2c1. The van der Waals surface area contributed by atoms with Crippen molar-refractivity contribution in [1.29, 1.82) is 0 Å². The number of hydrogen-bond acceptors (Lipinski definition) is 1. The number of rotatable bonds is 0. The Balaban J connectivity index is 2.89. The Kier molecular flexibility index (Phi) is 2.00. The fourth-order valence-electron chi connectivity index (χ4n) is 1.29. The smallest absolute Gasteiger partial charge is 0.0835 e. The van der Waals surface area contributed by atoms with Crippen LogP contribution in [0, 0.1) is 10.5 Å². The summed E-state index contributed by atoms with van der Waals surface area (Å²) in [6.45, 7) is 2.11. The lowest BCUT2D eigenvalue weighted by Crippen LogP contribution is -1.83. The second-order valence-corrected chi connectivity index (χ2v) is 3.98. The molecule has 0 amide bonds. The molecule has 0 N–H and O–H groups in total. The first-order valence-corrected chi connectivity index (χ1v) is 4.86. The highest BCUT2D eigenvalue weighted by molar-refractivity contribution is 14.1. The maximum atomic E-state index is 4.31. The van der Waals surface area contributed by atoms with Crippen molar-refractivity contribution >= 4 is 33.5 Å². The van der Waals surface area contributed by atoms with E-state index in [-0.39, 0.29) is 0 Å². The van der Waals surface area contributed by atoms with Crippen LogP contribution < -0.4 is 0 Å². The van der Waals surface area contributed by atoms with Crippen molar-refractivity contribution in [3.05, 3.63) is 39.6 Å². The first-order chi connectivity index (χ1) is 5.77. The van der Waals surface area contributed by atoms with Gasteiger partial charge in [-0.3, -0.25) is 4.98 Å². The van der Waals surface area contributed by atoms with Crippen LogP contribution in [0.5, 0.6) is 0 Å². The number of halogens is 1. The van der Waals surface area contributed by atoms with Gasteiger partial charge in [-0.2, -0.15) is 0 Å². The molecule has 0 saturated heterocycles.